The predicted molar refractivity (Wildman–Crippen MR) is 62.3 cm³/mol. The first-order chi connectivity index (χ1) is 10.1. The summed E-state index contributed by atoms with van der Waals surface area (Å²) < 4.78 is 65.8. The number of aromatic nitrogens is 2. The molecule has 0 saturated carbocycles. The second-order valence-electron chi connectivity index (χ2n) is 4.05. The van der Waals surface area contributed by atoms with Gasteiger partial charge in [0.25, 0.3) is 5.56 Å². The van der Waals surface area contributed by atoms with Crippen molar-refractivity contribution in [2.24, 2.45) is 0 Å². The van der Waals surface area contributed by atoms with Crippen molar-refractivity contribution in [2.45, 2.75) is 6.18 Å². The van der Waals surface area contributed by atoms with Crippen LogP contribution >= 0.6 is 0 Å². The van der Waals surface area contributed by atoms with E-state index in [0.717, 1.165) is 0 Å². The molecular weight excluding hydrogens is 313 g/mol. The molecule has 2 rings (SSSR count). The number of hydrogen-bond acceptors (Lipinski definition) is 3. The Bertz CT molecular complexity index is 905. The number of rotatable bonds is 1. The lowest BCUT2D eigenvalue weighted by molar-refractivity contribution is -0.143. The van der Waals surface area contributed by atoms with Crippen molar-refractivity contribution in [1.29, 1.82) is 5.26 Å². The molecule has 1 N–H and O–H groups in total. The molecule has 0 amide bonds. The van der Waals surface area contributed by atoms with E-state index in [0.29, 0.717) is 6.07 Å². The Kier molecular flexibility index (Phi) is 3.58. The molecule has 0 aliphatic heterocycles. The summed E-state index contributed by atoms with van der Waals surface area (Å²) >= 11 is 0. The van der Waals surface area contributed by atoms with Crippen LogP contribution in [0.3, 0.4) is 0 Å². The summed E-state index contributed by atoms with van der Waals surface area (Å²) in [5, 5.41) is 8.53. The summed E-state index contributed by atoms with van der Waals surface area (Å²) in [6.07, 6.45) is -5.16. The third-order valence-electron chi connectivity index (χ3n) is 2.63. The van der Waals surface area contributed by atoms with Gasteiger partial charge in [-0.1, -0.05) is 0 Å². The Hall–Kier alpha value is -2.96. The highest BCUT2D eigenvalue weighted by molar-refractivity contribution is 5.43. The van der Waals surface area contributed by atoms with Crippen LogP contribution in [0.15, 0.2) is 27.8 Å². The van der Waals surface area contributed by atoms with Crippen molar-refractivity contribution < 1.29 is 22.0 Å². The SMILES string of the molecule is N#Cc1cc(F)c(-n2c(C(F)(F)F)cc(=O)[nH]c2=O)cc1F. The van der Waals surface area contributed by atoms with Crippen molar-refractivity contribution in [3.05, 3.63) is 61.9 Å². The van der Waals surface area contributed by atoms with Crippen LogP contribution in [-0.2, 0) is 6.18 Å². The van der Waals surface area contributed by atoms with Crippen molar-refractivity contribution in [3.63, 3.8) is 0 Å². The molecule has 0 radical (unpaired) electrons. The third-order valence-corrected chi connectivity index (χ3v) is 2.63. The lowest BCUT2D eigenvalue weighted by Crippen LogP contribution is -2.34. The minimum absolute atomic E-state index is 0.0386. The number of halogens is 5. The number of hydrogen-bond donors (Lipinski definition) is 1. The zero-order chi connectivity index (χ0) is 16.7. The lowest BCUT2D eigenvalue weighted by atomic mass is 10.2. The fourth-order valence-electron chi connectivity index (χ4n) is 1.74. The molecular formula is C12H4F5N3O2. The highest BCUT2D eigenvalue weighted by Gasteiger charge is 2.36. The Balaban J connectivity index is 2.91. The zero-order valence-electron chi connectivity index (χ0n) is 10.3. The molecule has 0 saturated heterocycles. The van der Waals surface area contributed by atoms with Gasteiger partial charge in [-0.3, -0.25) is 14.3 Å². The van der Waals surface area contributed by atoms with E-state index in [2.05, 4.69) is 0 Å². The van der Waals surface area contributed by atoms with Crippen LogP contribution in [-0.4, -0.2) is 9.55 Å². The smallest absolute Gasteiger partial charge is 0.274 e. The molecule has 0 atom stereocenters. The van der Waals surface area contributed by atoms with E-state index < -0.39 is 46.0 Å². The molecule has 114 valence electrons. The zero-order valence-corrected chi connectivity index (χ0v) is 10.3. The first kappa shape index (κ1) is 15.4. The van der Waals surface area contributed by atoms with Gasteiger partial charge in [-0.2, -0.15) is 18.4 Å². The average Bonchev–Trinajstić information content (AvgIpc) is 2.39. The number of alkyl halides is 3. The topological polar surface area (TPSA) is 78.7 Å². The molecule has 1 aromatic carbocycles. The number of nitriles is 1. The molecule has 0 spiro atoms. The summed E-state index contributed by atoms with van der Waals surface area (Å²) in [5.74, 6) is -2.75. The summed E-state index contributed by atoms with van der Waals surface area (Å²) in [5.41, 5.74) is -6.53. The van der Waals surface area contributed by atoms with E-state index in [1.54, 1.807) is 0 Å². The Morgan fingerprint density at radius 1 is 1.09 bits per heavy atom. The molecule has 0 fully saturated rings. The molecule has 5 nitrogen and oxygen atoms in total. The number of aromatic amines is 1. The first-order valence-electron chi connectivity index (χ1n) is 5.48. The molecule has 22 heavy (non-hydrogen) atoms. The monoisotopic (exact) mass is 317 g/mol. The van der Waals surface area contributed by atoms with E-state index in [1.165, 1.54) is 11.1 Å². The molecule has 0 unspecified atom stereocenters. The van der Waals surface area contributed by atoms with Crippen LogP contribution in [0.4, 0.5) is 22.0 Å². The van der Waals surface area contributed by atoms with Gasteiger partial charge in [-0.05, 0) is 6.07 Å². The molecule has 0 aliphatic carbocycles. The van der Waals surface area contributed by atoms with Gasteiger partial charge in [0.2, 0.25) is 0 Å². The summed E-state index contributed by atoms with van der Waals surface area (Å²) in [6.45, 7) is 0. The summed E-state index contributed by atoms with van der Waals surface area (Å²) in [7, 11) is 0. The fraction of sp³-hybridized carbons (Fsp3) is 0.0833. The van der Waals surface area contributed by atoms with E-state index >= 15 is 0 Å². The largest absolute Gasteiger partial charge is 0.432 e. The highest BCUT2D eigenvalue weighted by atomic mass is 19.4. The Morgan fingerprint density at radius 3 is 2.27 bits per heavy atom. The highest BCUT2D eigenvalue weighted by Crippen LogP contribution is 2.30. The summed E-state index contributed by atoms with van der Waals surface area (Å²) in [4.78, 5) is 24.1. The molecule has 10 heteroatoms. The maximum atomic E-state index is 13.8. The molecule has 2 aromatic rings. The van der Waals surface area contributed by atoms with E-state index in [-0.39, 0.29) is 16.7 Å². The van der Waals surface area contributed by atoms with Gasteiger partial charge in [0.1, 0.15) is 23.4 Å². The number of nitrogens with one attached hydrogen (secondary N) is 1. The minimum Gasteiger partial charge on any atom is -0.274 e. The first-order valence-corrected chi connectivity index (χ1v) is 5.48. The minimum atomic E-state index is -5.16. The Labute approximate surface area is 117 Å². The lowest BCUT2D eigenvalue weighted by Gasteiger charge is -2.15. The van der Waals surface area contributed by atoms with Crippen LogP contribution in [0.5, 0.6) is 0 Å². The normalized spacial score (nSPS) is 11.3. The standard InChI is InChI=1S/C12H4F5N3O2/c13-6-2-8(7(14)1-5(6)4-18)20-9(12(15,16)17)3-10(21)19-11(20)22/h1-3H,(H,19,21,22). The maximum Gasteiger partial charge on any atom is 0.432 e. The molecule has 0 bridgehead atoms. The van der Waals surface area contributed by atoms with Crippen molar-refractivity contribution in [2.75, 3.05) is 0 Å². The second kappa shape index (κ2) is 5.10. The van der Waals surface area contributed by atoms with E-state index in [4.69, 9.17) is 5.26 Å². The second-order valence-corrected chi connectivity index (χ2v) is 4.05. The quantitative estimate of drug-likeness (QED) is 0.813. The maximum absolute atomic E-state index is 13.8. The van der Waals surface area contributed by atoms with E-state index in [1.807, 2.05) is 0 Å². The Morgan fingerprint density at radius 2 is 1.73 bits per heavy atom. The van der Waals surface area contributed by atoms with Crippen LogP contribution in [0.25, 0.3) is 5.69 Å². The van der Waals surface area contributed by atoms with Crippen LogP contribution in [0, 0.1) is 23.0 Å². The fourth-order valence-corrected chi connectivity index (χ4v) is 1.74. The van der Waals surface area contributed by atoms with Crippen LogP contribution < -0.4 is 11.2 Å². The van der Waals surface area contributed by atoms with Gasteiger partial charge in [0, 0.05) is 12.1 Å². The molecule has 0 aliphatic rings. The van der Waals surface area contributed by atoms with Gasteiger partial charge >= 0.3 is 11.9 Å². The number of benzene rings is 1. The van der Waals surface area contributed by atoms with Crippen LogP contribution in [0.1, 0.15) is 11.3 Å². The third kappa shape index (κ3) is 2.60. The molecule has 1 heterocycles. The van der Waals surface area contributed by atoms with Crippen molar-refractivity contribution in [3.8, 4) is 11.8 Å². The van der Waals surface area contributed by atoms with Gasteiger partial charge in [-0.25, -0.2) is 13.6 Å². The van der Waals surface area contributed by atoms with Crippen molar-refractivity contribution >= 4 is 0 Å². The molecule has 1 aromatic heterocycles. The van der Waals surface area contributed by atoms with Gasteiger partial charge in [-0.15, -0.1) is 0 Å². The number of H-pyrrole nitrogens is 1. The van der Waals surface area contributed by atoms with Gasteiger partial charge < -0.3 is 0 Å². The predicted octanol–water partition coefficient (Wildman–Crippen LogP) is 1.69. The van der Waals surface area contributed by atoms with Gasteiger partial charge in [0.05, 0.1) is 11.3 Å². The summed E-state index contributed by atoms with van der Waals surface area (Å²) in [6, 6.07) is 1.96. The van der Waals surface area contributed by atoms with Crippen molar-refractivity contribution in [1.82, 2.24) is 9.55 Å². The van der Waals surface area contributed by atoms with Crippen LogP contribution in [0.2, 0.25) is 0 Å². The average molecular weight is 317 g/mol. The number of nitrogens with zero attached hydrogens (tertiary/aromatic N) is 2. The van der Waals surface area contributed by atoms with E-state index in [9.17, 15) is 31.5 Å². The van der Waals surface area contributed by atoms with Gasteiger partial charge in [0.15, 0.2) is 0 Å².